The lowest BCUT2D eigenvalue weighted by atomic mass is 9.69. The molecule has 1 aliphatic heterocycles. The Labute approximate surface area is 102 Å². The zero-order valence-electron chi connectivity index (χ0n) is 10.5. The van der Waals surface area contributed by atoms with Crippen molar-refractivity contribution in [3.63, 3.8) is 0 Å². The van der Waals surface area contributed by atoms with Crippen molar-refractivity contribution in [2.24, 2.45) is 5.41 Å². The molecule has 2 fully saturated rings. The second kappa shape index (κ2) is 2.80. The molecule has 2 bridgehead atoms. The van der Waals surface area contributed by atoms with E-state index in [1.807, 2.05) is 6.07 Å². The van der Waals surface area contributed by atoms with Gasteiger partial charge >= 0.3 is 0 Å². The van der Waals surface area contributed by atoms with Crippen molar-refractivity contribution in [2.45, 2.75) is 44.1 Å². The van der Waals surface area contributed by atoms with E-state index in [2.05, 4.69) is 19.1 Å². The van der Waals surface area contributed by atoms with Crippen molar-refractivity contribution in [3.05, 3.63) is 23.8 Å². The summed E-state index contributed by atoms with van der Waals surface area (Å²) in [7, 11) is 1.73. The van der Waals surface area contributed by atoms with E-state index in [1.165, 1.54) is 31.2 Å². The monoisotopic (exact) mass is 230 g/mol. The largest absolute Gasteiger partial charge is 0.497 e. The van der Waals surface area contributed by atoms with Gasteiger partial charge in [-0.1, -0.05) is 6.92 Å². The average Bonchev–Trinajstić information content (AvgIpc) is 3.10. The van der Waals surface area contributed by atoms with Crippen LogP contribution in [-0.2, 0) is 5.41 Å². The molecule has 0 unspecified atom stereocenters. The first kappa shape index (κ1) is 9.81. The highest BCUT2D eigenvalue weighted by Crippen LogP contribution is 2.72. The number of hydrogen-bond acceptors (Lipinski definition) is 2. The van der Waals surface area contributed by atoms with Crippen LogP contribution in [0.1, 0.15) is 38.2 Å². The Hall–Kier alpha value is -1.18. The smallest absolute Gasteiger partial charge is 0.123 e. The number of rotatable bonds is 1. The fourth-order valence-corrected chi connectivity index (χ4v) is 4.21. The van der Waals surface area contributed by atoms with Crippen LogP contribution in [-0.4, -0.2) is 13.2 Å². The number of ether oxygens (including phenoxy) is 2. The topological polar surface area (TPSA) is 18.5 Å². The molecule has 2 saturated carbocycles. The lowest BCUT2D eigenvalue weighted by Gasteiger charge is -2.41. The molecule has 0 amide bonds. The fraction of sp³-hybridized carbons (Fsp3) is 0.600. The maximum Gasteiger partial charge on any atom is 0.123 e. The third kappa shape index (κ3) is 0.981. The van der Waals surface area contributed by atoms with Gasteiger partial charge in [-0.2, -0.15) is 0 Å². The standard InChI is InChI=1S/C15H18O2/c1-14-6-5-13(15(14)7-8-15)17-12-4-3-10(16-2)9-11(12)14/h3-4,9,13H,5-8H2,1-2H3/t13-,14-/m1/s1. The van der Waals surface area contributed by atoms with Gasteiger partial charge in [0.05, 0.1) is 7.11 Å². The third-order valence-corrected chi connectivity index (χ3v) is 5.46. The van der Waals surface area contributed by atoms with Gasteiger partial charge in [0, 0.05) is 16.4 Å². The highest BCUT2D eigenvalue weighted by atomic mass is 16.5. The Bertz CT molecular complexity index is 490. The predicted octanol–water partition coefficient (Wildman–Crippen LogP) is 3.29. The maximum atomic E-state index is 6.21. The molecule has 0 aromatic heterocycles. The first-order valence-electron chi connectivity index (χ1n) is 6.55. The van der Waals surface area contributed by atoms with Crippen LogP contribution >= 0.6 is 0 Å². The molecule has 1 aromatic rings. The van der Waals surface area contributed by atoms with E-state index < -0.39 is 0 Å². The zero-order valence-corrected chi connectivity index (χ0v) is 10.5. The summed E-state index contributed by atoms with van der Waals surface area (Å²) in [6.07, 6.45) is 5.62. The van der Waals surface area contributed by atoms with Crippen LogP contribution in [0.25, 0.3) is 0 Å². The number of fused-ring (bicyclic) bond motifs is 2. The predicted molar refractivity (Wildman–Crippen MR) is 65.7 cm³/mol. The molecule has 0 saturated heterocycles. The van der Waals surface area contributed by atoms with Crippen LogP contribution < -0.4 is 9.47 Å². The number of benzene rings is 1. The minimum atomic E-state index is 0.319. The lowest BCUT2D eigenvalue weighted by molar-refractivity contribution is 0.0890. The molecular formula is C15H18O2. The van der Waals surface area contributed by atoms with Crippen molar-refractivity contribution >= 4 is 0 Å². The van der Waals surface area contributed by atoms with Gasteiger partial charge in [-0.05, 0) is 43.9 Å². The Balaban J connectivity index is 1.93. The summed E-state index contributed by atoms with van der Waals surface area (Å²) in [5.41, 5.74) is 2.15. The second-order valence-corrected chi connectivity index (χ2v) is 6.00. The van der Waals surface area contributed by atoms with Gasteiger partial charge in [0.2, 0.25) is 0 Å². The summed E-state index contributed by atoms with van der Waals surface area (Å²) in [5, 5.41) is 0. The molecule has 1 spiro atoms. The quantitative estimate of drug-likeness (QED) is 0.737. The van der Waals surface area contributed by atoms with E-state index in [1.54, 1.807) is 7.11 Å². The minimum Gasteiger partial charge on any atom is -0.497 e. The molecule has 2 nitrogen and oxygen atoms in total. The van der Waals surface area contributed by atoms with Crippen LogP contribution in [0.2, 0.25) is 0 Å². The average molecular weight is 230 g/mol. The van der Waals surface area contributed by atoms with Crippen molar-refractivity contribution in [1.82, 2.24) is 0 Å². The molecular weight excluding hydrogens is 212 g/mol. The lowest BCUT2D eigenvalue weighted by Crippen LogP contribution is -2.40. The highest BCUT2D eigenvalue weighted by Gasteiger charge is 2.68. The highest BCUT2D eigenvalue weighted by molar-refractivity contribution is 5.51. The summed E-state index contributed by atoms with van der Waals surface area (Å²) < 4.78 is 11.6. The molecule has 17 heavy (non-hydrogen) atoms. The van der Waals surface area contributed by atoms with Crippen molar-refractivity contribution in [2.75, 3.05) is 7.11 Å². The van der Waals surface area contributed by atoms with Crippen LogP contribution in [0.5, 0.6) is 11.5 Å². The Morgan fingerprint density at radius 2 is 2.12 bits per heavy atom. The van der Waals surface area contributed by atoms with Gasteiger partial charge in [-0.3, -0.25) is 0 Å². The molecule has 0 radical (unpaired) electrons. The van der Waals surface area contributed by atoms with Crippen molar-refractivity contribution in [3.8, 4) is 11.5 Å². The van der Waals surface area contributed by atoms with E-state index in [0.29, 0.717) is 16.9 Å². The number of methoxy groups -OCH3 is 1. The van der Waals surface area contributed by atoms with Gasteiger partial charge in [-0.25, -0.2) is 0 Å². The summed E-state index contributed by atoms with van der Waals surface area (Å²) in [6, 6.07) is 6.28. The summed E-state index contributed by atoms with van der Waals surface area (Å²) in [4.78, 5) is 0. The van der Waals surface area contributed by atoms with E-state index in [9.17, 15) is 0 Å². The molecule has 2 aliphatic carbocycles. The van der Waals surface area contributed by atoms with Crippen molar-refractivity contribution in [1.29, 1.82) is 0 Å². The van der Waals surface area contributed by atoms with Gasteiger partial charge in [0.1, 0.15) is 17.6 Å². The molecule has 3 aliphatic rings. The maximum absolute atomic E-state index is 6.21. The molecule has 0 N–H and O–H groups in total. The van der Waals surface area contributed by atoms with Gasteiger partial charge < -0.3 is 9.47 Å². The van der Waals surface area contributed by atoms with Crippen LogP contribution in [0, 0.1) is 5.41 Å². The van der Waals surface area contributed by atoms with Gasteiger partial charge in [0.15, 0.2) is 0 Å². The van der Waals surface area contributed by atoms with Crippen LogP contribution in [0.4, 0.5) is 0 Å². The van der Waals surface area contributed by atoms with E-state index in [-0.39, 0.29) is 0 Å². The first-order chi connectivity index (χ1) is 8.19. The molecule has 2 atom stereocenters. The third-order valence-electron chi connectivity index (χ3n) is 5.46. The summed E-state index contributed by atoms with van der Waals surface area (Å²) in [5.74, 6) is 2.04. The molecule has 1 aromatic carbocycles. The summed E-state index contributed by atoms with van der Waals surface area (Å²) >= 11 is 0. The van der Waals surface area contributed by atoms with Crippen LogP contribution in [0.3, 0.4) is 0 Å². The van der Waals surface area contributed by atoms with E-state index in [0.717, 1.165) is 11.5 Å². The molecule has 4 rings (SSSR count). The SMILES string of the molecule is COc1ccc2c(c1)[C@@]1(C)CC[C@@H](O2)C12CC2. The first-order valence-corrected chi connectivity index (χ1v) is 6.55. The zero-order chi connectivity index (χ0) is 11.7. The molecule has 90 valence electrons. The molecule has 1 heterocycles. The summed E-state index contributed by atoms with van der Waals surface area (Å²) in [6.45, 7) is 2.43. The van der Waals surface area contributed by atoms with Crippen molar-refractivity contribution < 1.29 is 9.47 Å². The van der Waals surface area contributed by atoms with Gasteiger partial charge in [0.25, 0.3) is 0 Å². The Morgan fingerprint density at radius 1 is 1.29 bits per heavy atom. The number of hydrogen-bond donors (Lipinski definition) is 0. The van der Waals surface area contributed by atoms with Crippen LogP contribution in [0.15, 0.2) is 18.2 Å². The Kier molecular flexibility index (Phi) is 1.61. The molecule has 2 heteroatoms. The minimum absolute atomic E-state index is 0.319. The second-order valence-electron chi connectivity index (χ2n) is 6.00. The normalized spacial score (nSPS) is 35.3. The van der Waals surface area contributed by atoms with E-state index >= 15 is 0 Å². The Morgan fingerprint density at radius 3 is 2.82 bits per heavy atom. The fourth-order valence-electron chi connectivity index (χ4n) is 4.21. The van der Waals surface area contributed by atoms with E-state index in [4.69, 9.17) is 9.47 Å². The van der Waals surface area contributed by atoms with Gasteiger partial charge in [-0.15, -0.1) is 0 Å².